The minimum Gasteiger partial charge on any atom is -0.371 e. The van der Waals surface area contributed by atoms with E-state index in [-0.39, 0.29) is 17.3 Å². The quantitative estimate of drug-likeness (QED) is 0.892. The lowest BCUT2D eigenvalue weighted by Crippen LogP contribution is -2.23. The van der Waals surface area contributed by atoms with Crippen molar-refractivity contribution in [1.82, 2.24) is 10.2 Å². The first-order chi connectivity index (χ1) is 8.98. The molecule has 1 unspecified atom stereocenters. The van der Waals surface area contributed by atoms with Crippen LogP contribution in [0, 0.1) is 5.41 Å². The second-order valence-electron chi connectivity index (χ2n) is 6.07. The topological polar surface area (TPSA) is 72.1 Å². The zero-order chi connectivity index (χ0) is 13.5. The highest BCUT2D eigenvalue weighted by atomic mass is 32.2. The molecule has 2 aliphatic rings. The first-order valence-electron chi connectivity index (χ1n) is 6.79. The van der Waals surface area contributed by atoms with Crippen molar-refractivity contribution >= 4 is 9.84 Å². The largest absolute Gasteiger partial charge is 0.371 e. The molecule has 0 radical (unpaired) electrons. The van der Waals surface area contributed by atoms with Crippen LogP contribution in [-0.2, 0) is 21.0 Å². The highest BCUT2D eigenvalue weighted by molar-refractivity contribution is 7.90. The van der Waals surface area contributed by atoms with Gasteiger partial charge in [-0.3, -0.25) is 5.10 Å². The number of aryl methyl sites for hydroxylation is 1. The molecule has 5 nitrogen and oxygen atoms in total. The molecule has 3 rings (SSSR count). The molecule has 1 saturated carbocycles. The lowest BCUT2D eigenvalue weighted by atomic mass is 9.95. The van der Waals surface area contributed by atoms with Gasteiger partial charge in [-0.25, -0.2) is 8.42 Å². The number of nitrogens with zero attached hydrogens (tertiary/aromatic N) is 1. The van der Waals surface area contributed by atoms with E-state index in [1.807, 2.05) is 6.20 Å². The van der Waals surface area contributed by atoms with E-state index in [9.17, 15) is 8.42 Å². The molecule has 1 atom stereocenters. The van der Waals surface area contributed by atoms with Crippen LogP contribution < -0.4 is 0 Å². The van der Waals surface area contributed by atoms with Crippen LogP contribution in [0.4, 0.5) is 0 Å². The molecule has 19 heavy (non-hydrogen) atoms. The van der Waals surface area contributed by atoms with Gasteiger partial charge in [-0.1, -0.05) is 0 Å². The molecule has 0 bridgehead atoms. The van der Waals surface area contributed by atoms with E-state index in [1.165, 1.54) is 11.8 Å². The Labute approximate surface area is 113 Å². The molecule has 0 spiro atoms. The predicted octanol–water partition coefficient (Wildman–Crippen LogP) is 1.63. The van der Waals surface area contributed by atoms with Gasteiger partial charge in [0.1, 0.15) is 9.84 Å². The number of hydrogen-bond donors (Lipinski definition) is 1. The van der Waals surface area contributed by atoms with Crippen LogP contribution in [0.25, 0.3) is 0 Å². The van der Waals surface area contributed by atoms with Crippen LogP contribution in [0.3, 0.4) is 0 Å². The van der Waals surface area contributed by atoms with Crippen LogP contribution in [-0.4, -0.2) is 37.2 Å². The maximum absolute atomic E-state index is 11.4. The first-order valence-corrected chi connectivity index (χ1v) is 8.85. The number of hydrogen-bond acceptors (Lipinski definition) is 4. The van der Waals surface area contributed by atoms with Crippen LogP contribution in [0.15, 0.2) is 6.20 Å². The Bertz CT molecular complexity index is 560. The number of ether oxygens (including phenoxy) is 1. The lowest BCUT2D eigenvalue weighted by Gasteiger charge is -2.24. The van der Waals surface area contributed by atoms with E-state index in [0.717, 1.165) is 37.8 Å². The molecule has 1 fully saturated rings. The monoisotopic (exact) mass is 284 g/mol. The number of aromatic nitrogens is 2. The van der Waals surface area contributed by atoms with E-state index in [2.05, 4.69) is 10.2 Å². The highest BCUT2D eigenvalue weighted by Crippen LogP contribution is 2.48. The first kappa shape index (κ1) is 13.1. The fourth-order valence-electron chi connectivity index (χ4n) is 2.93. The summed E-state index contributed by atoms with van der Waals surface area (Å²) in [5, 5.41) is 7.09. The maximum Gasteiger partial charge on any atom is 0.148 e. The average Bonchev–Trinajstić information content (AvgIpc) is 2.89. The van der Waals surface area contributed by atoms with Crippen molar-refractivity contribution in [2.45, 2.75) is 38.2 Å². The Kier molecular flexibility index (Phi) is 3.17. The molecule has 0 aliphatic heterocycles. The Balaban J connectivity index is 1.62. The predicted molar refractivity (Wildman–Crippen MR) is 71.6 cm³/mol. The number of fused-ring (bicyclic) bond motifs is 1. The summed E-state index contributed by atoms with van der Waals surface area (Å²) in [6.45, 7) is 0.545. The highest BCUT2D eigenvalue weighted by Gasteiger charge is 2.46. The molecule has 1 heterocycles. The molecule has 2 aliphatic carbocycles. The van der Waals surface area contributed by atoms with Crippen LogP contribution >= 0.6 is 0 Å². The summed E-state index contributed by atoms with van der Waals surface area (Å²) in [5.41, 5.74) is 2.20. The number of rotatable bonds is 5. The summed E-state index contributed by atoms with van der Waals surface area (Å²) < 4.78 is 28.9. The summed E-state index contributed by atoms with van der Waals surface area (Å²) in [6, 6.07) is 0. The molecule has 106 valence electrons. The van der Waals surface area contributed by atoms with Crippen LogP contribution in [0.2, 0.25) is 0 Å². The maximum atomic E-state index is 11.4. The Hall–Kier alpha value is -0.880. The van der Waals surface area contributed by atoms with Crippen molar-refractivity contribution in [2.75, 3.05) is 18.6 Å². The van der Waals surface area contributed by atoms with Gasteiger partial charge in [-0.05, 0) is 37.7 Å². The lowest BCUT2D eigenvalue weighted by molar-refractivity contribution is 0.0134. The zero-order valence-corrected chi connectivity index (χ0v) is 12.0. The van der Waals surface area contributed by atoms with Gasteiger partial charge in [0.2, 0.25) is 0 Å². The third-order valence-corrected chi connectivity index (χ3v) is 5.24. The molecule has 1 N–H and O–H groups in total. The van der Waals surface area contributed by atoms with Gasteiger partial charge in [-0.2, -0.15) is 5.10 Å². The minimum absolute atomic E-state index is 0.0586. The van der Waals surface area contributed by atoms with E-state index < -0.39 is 9.84 Å². The second kappa shape index (κ2) is 4.59. The van der Waals surface area contributed by atoms with Gasteiger partial charge in [0.05, 0.1) is 30.4 Å². The van der Waals surface area contributed by atoms with Gasteiger partial charge < -0.3 is 4.74 Å². The number of H-pyrrole nitrogens is 1. The van der Waals surface area contributed by atoms with E-state index in [1.54, 1.807) is 0 Å². The molecular weight excluding hydrogens is 264 g/mol. The molecular formula is C13H20N2O3S. The summed E-state index contributed by atoms with van der Waals surface area (Å²) >= 11 is 0. The molecule has 6 heteroatoms. The van der Waals surface area contributed by atoms with Gasteiger partial charge in [0, 0.05) is 11.7 Å². The minimum atomic E-state index is -2.92. The van der Waals surface area contributed by atoms with Gasteiger partial charge in [0.25, 0.3) is 0 Å². The van der Waals surface area contributed by atoms with Crippen molar-refractivity contribution in [3.8, 4) is 0 Å². The van der Waals surface area contributed by atoms with E-state index in [0.29, 0.717) is 6.61 Å². The van der Waals surface area contributed by atoms with Crippen molar-refractivity contribution in [3.63, 3.8) is 0 Å². The SMILES string of the molecule is CS(=O)(=O)CC1(COC2CCCc3cn[nH]c32)CC1. The molecule has 0 amide bonds. The van der Waals surface area contributed by atoms with Crippen LogP contribution in [0.1, 0.15) is 43.0 Å². The van der Waals surface area contributed by atoms with Gasteiger partial charge in [-0.15, -0.1) is 0 Å². The Morgan fingerprint density at radius 3 is 3.00 bits per heavy atom. The second-order valence-corrected chi connectivity index (χ2v) is 8.21. The molecule has 0 saturated heterocycles. The fourth-order valence-corrected chi connectivity index (χ4v) is 4.41. The summed E-state index contributed by atoms with van der Waals surface area (Å²) in [6.07, 6.45) is 8.31. The number of sulfone groups is 1. The fraction of sp³-hybridized carbons (Fsp3) is 0.769. The van der Waals surface area contributed by atoms with Crippen molar-refractivity contribution in [2.24, 2.45) is 5.41 Å². The number of aromatic amines is 1. The van der Waals surface area contributed by atoms with Gasteiger partial charge in [0.15, 0.2) is 0 Å². The van der Waals surface area contributed by atoms with E-state index >= 15 is 0 Å². The average molecular weight is 284 g/mol. The summed E-state index contributed by atoms with van der Waals surface area (Å²) in [7, 11) is -2.92. The van der Waals surface area contributed by atoms with Gasteiger partial charge >= 0.3 is 0 Å². The number of nitrogens with one attached hydrogen (secondary N) is 1. The Morgan fingerprint density at radius 1 is 1.53 bits per heavy atom. The normalized spacial score (nSPS) is 25.0. The Morgan fingerprint density at radius 2 is 2.32 bits per heavy atom. The summed E-state index contributed by atoms with van der Waals surface area (Å²) in [4.78, 5) is 0. The standard InChI is InChI=1S/C13H20N2O3S/c1-19(16,17)9-13(5-6-13)8-18-11-4-2-3-10-7-14-15-12(10)11/h7,11H,2-6,8-9H2,1H3,(H,14,15). The molecule has 1 aromatic rings. The smallest absolute Gasteiger partial charge is 0.148 e. The molecule has 0 aromatic carbocycles. The zero-order valence-electron chi connectivity index (χ0n) is 11.2. The van der Waals surface area contributed by atoms with E-state index in [4.69, 9.17) is 4.74 Å². The van der Waals surface area contributed by atoms with Crippen LogP contribution in [0.5, 0.6) is 0 Å². The van der Waals surface area contributed by atoms with Crippen molar-refractivity contribution in [1.29, 1.82) is 0 Å². The van der Waals surface area contributed by atoms with Crippen molar-refractivity contribution < 1.29 is 13.2 Å². The molecule has 1 aromatic heterocycles. The summed E-state index contributed by atoms with van der Waals surface area (Å²) in [5.74, 6) is 0.253. The third-order valence-electron chi connectivity index (χ3n) is 4.10. The van der Waals surface area contributed by atoms with Crippen molar-refractivity contribution in [3.05, 3.63) is 17.5 Å². The third kappa shape index (κ3) is 3.00.